The summed E-state index contributed by atoms with van der Waals surface area (Å²) in [5.41, 5.74) is 0.939. The topological polar surface area (TPSA) is 33.2 Å². The average molecular weight is 242 g/mol. The third-order valence-corrected chi connectivity index (χ3v) is 4.49. The van der Waals surface area contributed by atoms with E-state index in [1.165, 1.54) is 11.5 Å². The van der Waals surface area contributed by atoms with Crippen LogP contribution in [0, 0.1) is 6.92 Å². The first-order chi connectivity index (χ1) is 7.18. The van der Waals surface area contributed by atoms with Gasteiger partial charge < -0.3 is 0 Å². The summed E-state index contributed by atoms with van der Waals surface area (Å²) in [4.78, 5) is 15.1. The zero-order valence-electron chi connectivity index (χ0n) is 8.90. The fourth-order valence-electron chi connectivity index (χ4n) is 1.61. The van der Waals surface area contributed by atoms with Crippen LogP contribution < -0.4 is 0 Å². The maximum Gasteiger partial charge on any atom is 0.192 e. The van der Waals surface area contributed by atoms with Gasteiger partial charge in [0.2, 0.25) is 0 Å². The first-order valence-corrected chi connectivity index (χ1v) is 6.87. The fraction of sp³-hybridized carbons (Fsp3) is 0.600. The molecule has 0 spiro atoms. The second-order valence-electron chi connectivity index (χ2n) is 3.77. The van der Waals surface area contributed by atoms with Gasteiger partial charge in [0, 0.05) is 18.1 Å². The molecule has 1 aliphatic rings. The Labute approximate surface area is 98.0 Å². The van der Waals surface area contributed by atoms with E-state index >= 15 is 0 Å². The van der Waals surface area contributed by atoms with Crippen molar-refractivity contribution in [3.8, 4) is 0 Å². The van der Waals surface area contributed by atoms with Crippen LogP contribution in [-0.4, -0.2) is 46.2 Å². The summed E-state index contributed by atoms with van der Waals surface area (Å²) in [6.07, 6.45) is 0. The second kappa shape index (κ2) is 4.63. The number of ketones is 1. The van der Waals surface area contributed by atoms with Crippen molar-refractivity contribution in [3.63, 3.8) is 0 Å². The number of carbonyl (C=O) groups excluding carboxylic acids is 1. The van der Waals surface area contributed by atoms with Crippen molar-refractivity contribution in [3.05, 3.63) is 16.6 Å². The van der Waals surface area contributed by atoms with Crippen LogP contribution in [0.15, 0.2) is 6.07 Å². The number of likely N-dealkylation sites (N-methyl/N-ethyl adjacent to an activating group) is 1. The first kappa shape index (κ1) is 11.1. The lowest BCUT2D eigenvalue weighted by Gasteiger charge is -2.30. The number of hydrogen-bond acceptors (Lipinski definition) is 5. The van der Waals surface area contributed by atoms with Gasteiger partial charge >= 0.3 is 0 Å². The number of nitrogens with zero attached hydrogens (tertiary/aromatic N) is 2. The van der Waals surface area contributed by atoms with Crippen LogP contribution in [0.1, 0.15) is 15.4 Å². The molecule has 1 aliphatic heterocycles. The Morgan fingerprint density at radius 2 is 2.47 bits per heavy atom. The minimum Gasteiger partial charge on any atom is -0.295 e. The van der Waals surface area contributed by atoms with E-state index in [1.807, 2.05) is 31.8 Å². The molecular formula is C10H14N2OS2. The lowest BCUT2D eigenvalue weighted by Crippen LogP contribution is -2.44. The van der Waals surface area contributed by atoms with Crippen LogP contribution in [0.4, 0.5) is 0 Å². The standard InChI is InChI=1S/C10H14N2OS2/c1-7-5-9(15-11-7)10(13)8-6-14-4-3-12(8)2/h5,8H,3-4,6H2,1-2H3. The number of rotatable bonds is 2. The first-order valence-electron chi connectivity index (χ1n) is 4.94. The van der Waals surface area contributed by atoms with Gasteiger partial charge in [-0.3, -0.25) is 9.69 Å². The van der Waals surface area contributed by atoms with Gasteiger partial charge in [-0.2, -0.15) is 16.1 Å². The van der Waals surface area contributed by atoms with Crippen LogP contribution in [0.3, 0.4) is 0 Å². The SMILES string of the molecule is Cc1cc(C(=O)C2CSCCN2C)sn1. The largest absolute Gasteiger partial charge is 0.295 e. The van der Waals surface area contributed by atoms with Crippen molar-refractivity contribution in [1.29, 1.82) is 0 Å². The van der Waals surface area contributed by atoms with Crippen molar-refractivity contribution in [2.45, 2.75) is 13.0 Å². The molecule has 5 heteroatoms. The predicted molar refractivity (Wildman–Crippen MR) is 64.9 cm³/mol. The number of hydrogen-bond donors (Lipinski definition) is 0. The van der Waals surface area contributed by atoms with Gasteiger partial charge in [0.25, 0.3) is 0 Å². The third kappa shape index (κ3) is 2.41. The maximum absolute atomic E-state index is 12.1. The van der Waals surface area contributed by atoms with Gasteiger partial charge in [-0.15, -0.1) is 0 Å². The van der Waals surface area contributed by atoms with Crippen molar-refractivity contribution in [1.82, 2.24) is 9.27 Å². The highest BCUT2D eigenvalue weighted by Crippen LogP contribution is 2.20. The minimum absolute atomic E-state index is 0.0450. The second-order valence-corrected chi connectivity index (χ2v) is 5.72. The van der Waals surface area contributed by atoms with E-state index in [9.17, 15) is 4.79 Å². The van der Waals surface area contributed by atoms with Crippen LogP contribution in [-0.2, 0) is 0 Å². The molecule has 0 N–H and O–H groups in total. The van der Waals surface area contributed by atoms with Crippen molar-refractivity contribution in [2.75, 3.05) is 25.1 Å². The highest BCUT2D eigenvalue weighted by atomic mass is 32.2. The molecule has 15 heavy (non-hydrogen) atoms. The van der Waals surface area contributed by atoms with Gasteiger partial charge in [0.05, 0.1) is 16.6 Å². The van der Waals surface area contributed by atoms with E-state index in [-0.39, 0.29) is 11.8 Å². The normalized spacial score (nSPS) is 22.9. The Morgan fingerprint density at radius 1 is 1.67 bits per heavy atom. The Morgan fingerprint density at radius 3 is 3.07 bits per heavy atom. The summed E-state index contributed by atoms with van der Waals surface area (Å²) < 4.78 is 4.15. The van der Waals surface area contributed by atoms with Gasteiger partial charge in [-0.05, 0) is 31.6 Å². The zero-order chi connectivity index (χ0) is 10.8. The van der Waals surface area contributed by atoms with E-state index in [0.29, 0.717) is 0 Å². The maximum atomic E-state index is 12.1. The summed E-state index contributed by atoms with van der Waals surface area (Å²) in [6.45, 7) is 2.92. The molecule has 1 unspecified atom stereocenters. The van der Waals surface area contributed by atoms with Crippen LogP contribution >= 0.6 is 23.3 Å². The molecule has 82 valence electrons. The van der Waals surface area contributed by atoms with E-state index in [4.69, 9.17) is 0 Å². The highest BCUT2D eigenvalue weighted by molar-refractivity contribution is 7.99. The summed E-state index contributed by atoms with van der Waals surface area (Å²) >= 11 is 3.18. The van der Waals surface area contributed by atoms with E-state index in [0.717, 1.165) is 28.6 Å². The summed E-state index contributed by atoms with van der Waals surface area (Å²) in [5.74, 6) is 2.27. The minimum atomic E-state index is 0.0450. The van der Waals surface area contributed by atoms with Gasteiger partial charge in [-0.25, -0.2) is 0 Å². The molecule has 0 aliphatic carbocycles. The van der Waals surface area contributed by atoms with Gasteiger partial charge in [0.1, 0.15) is 0 Å². The molecule has 0 amide bonds. The average Bonchev–Trinajstić information content (AvgIpc) is 2.65. The van der Waals surface area contributed by atoms with Crippen LogP contribution in [0.2, 0.25) is 0 Å². The molecule has 0 saturated carbocycles. The molecule has 2 rings (SSSR count). The summed E-state index contributed by atoms with van der Waals surface area (Å²) in [6, 6.07) is 1.93. The van der Waals surface area contributed by atoms with Crippen molar-refractivity contribution < 1.29 is 4.79 Å². The van der Waals surface area contributed by atoms with Crippen molar-refractivity contribution >= 4 is 29.1 Å². The summed E-state index contributed by atoms with van der Waals surface area (Å²) in [5, 5.41) is 0. The quantitative estimate of drug-likeness (QED) is 0.739. The molecule has 3 nitrogen and oxygen atoms in total. The monoisotopic (exact) mass is 242 g/mol. The van der Waals surface area contributed by atoms with Crippen molar-refractivity contribution in [2.24, 2.45) is 0 Å². The van der Waals surface area contributed by atoms with Crippen LogP contribution in [0.5, 0.6) is 0 Å². The molecule has 1 fully saturated rings. The molecule has 1 atom stereocenters. The third-order valence-electron chi connectivity index (χ3n) is 2.57. The number of thioether (sulfide) groups is 1. The van der Waals surface area contributed by atoms with E-state index < -0.39 is 0 Å². The molecular weight excluding hydrogens is 228 g/mol. The Hall–Kier alpha value is -0.390. The molecule has 2 heterocycles. The molecule has 0 aromatic carbocycles. The molecule has 0 bridgehead atoms. The van der Waals surface area contributed by atoms with E-state index in [2.05, 4.69) is 9.27 Å². The van der Waals surface area contributed by atoms with Gasteiger partial charge in [0.15, 0.2) is 5.78 Å². The number of Topliss-reactive ketones (excluding diaryl/α,β-unsaturated/α-hetero) is 1. The molecule has 1 saturated heterocycles. The predicted octanol–water partition coefficient (Wildman–Crippen LogP) is 1.68. The number of carbonyl (C=O) groups is 1. The smallest absolute Gasteiger partial charge is 0.192 e. The highest BCUT2D eigenvalue weighted by Gasteiger charge is 2.28. The molecule has 1 aromatic rings. The lowest BCUT2D eigenvalue weighted by molar-refractivity contribution is 0.0878. The van der Waals surface area contributed by atoms with Gasteiger partial charge in [-0.1, -0.05) is 0 Å². The number of aryl methyl sites for hydroxylation is 1. The Kier molecular flexibility index (Phi) is 3.43. The molecule has 1 aromatic heterocycles. The Bertz CT molecular complexity index is 364. The lowest BCUT2D eigenvalue weighted by atomic mass is 10.1. The number of aromatic nitrogens is 1. The van der Waals surface area contributed by atoms with Crippen LogP contribution in [0.25, 0.3) is 0 Å². The molecule has 0 radical (unpaired) electrons. The zero-order valence-corrected chi connectivity index (χ0v) is 10.5. The fourth-order valence-corrected chi connectivity index (χ4v) is 3.56. The summed E-state index contributed by atoms with van der Waals surface area (Å²) in [7, 11) is 2.02. The Balaban J connectivity index is 2.13. The van der Waals surface area contributed by atoms with E-state index in [1.54, 1.807) is 0 Å².